The first-order valence-corrected chi connectivity index (χ1v) is 10.3. The average molecular weight is 541 g/mol. The third-order valence-electron chi connectivity index (χ3n) is 4.50. The zero-order chi connectivity index (χ0) is 21.6. The summed E-state index contributed by atoms with van der Waals surface area (Å²) in [6.07, 6.45) is 5.83. The summed E-state index contributed by atoms with van der Waals surface area (Å²) in [5.41, 5.74) is 0.548. The molecule has 0 saturated carbocycles. The van der Waals surface area contributed by atoms with Crippen molar-refractivity contribution in [2.75, 3.05) is 19.6 Å². The van der Waals surface area contributed by atoms with Gasteiger partial charge in [-0.2, -0.15) is 5.10 Å². The van der Waals surface area contributed by atoms with E-state index in [9.17, 15) is 4.79 Å². The molecule has 0 aromatic carbocycles. The third kappa shape index (κ3) is 7.67. The lowest BCUT2D eigenvalue weighted by molar-refractivity contribution is 0.0507. The third-order valence-corrected chi connectivity index (χ3v) is 4.50. The van der Waals surface area contributed by atoms with Crippen molar-refractivity contribution in [2.45, 2.75) is 52.3 Å². The van der Waals surface area contributed by atoms with Crippen LogP contribution >= 0.6 is 24.0 Å². The quantitative estimate of drug-likeness (QED) is 0.344. The topological polar surface area (TPSA) is 96.7 Å². The van der Waals surface area contributed by atoms with Gasteiger partial charge >= 0.3 is 6.09 Å². The standard InChI is InChI=1S/C21H31N7O2.HI/c1-5-22-19(27-12-8-17(15-27)26-20(29)30-21(2,3)4)24-14-16-7-10-23-18(13-16)28-11-6-9-25-28;/h6-7,9-11,13,17H,5,8,12,14-15H2,1-4H3,(H,22,24)(H,26,29);1H. The first-order valence-electron chi connectivity index (χ1n) is 10.3. The van der Waals surface area contributed by atoms with E-state index in [-0.39, 0.29) is 36.1 Å². The van der Waals surface area contributed by atoms with Crippen LogP contribution in [-0.2, 0) is 11.3 Å². The zero-order valence-electron chi connectivity index (χ0n) is 18.5. The summed E-state index contributed by atoms with van der Waals surface area (Å²) in [7, 11) is 0. The van der Waals surface area contributed by atoms with Crippen LogP contribution in [-0.4, -0.2) is 63.0 Å². The highest BCUT2D eigenvalue weighted by Crippen LogP contribution is 2.13. The van der Waals surface area contributed by atoms with Crippen LogP contribution in [0.15, 0.2) is 41.8 Å². The minimum absolute atomic E-state index is 0. The van der Waals surface area contributed by atoms with Gasteiger partial charge in [-0.05, 0) is 57.9 Å². The summed E-state index contributed by atoms with van der Waals surface area (Å²) < 4.78 is 7.09. The van der Waals surface area contributed by atoms with Crippen LogP contribution in [0.2, 0.25) is 0 Å². The molecule has 1 atom stereocenters. The fourth-order valence-electron chi connectivity index (χ4n) is 3.23. The van der Waals surface area contributed by atoms with E-state index in [0.29, 0.717) is 13.1 Å². The van der Waals surface area contributed by atoms with E-state index in [4.69, 9.17) is 9.73 Å². The number of hydrogen-bond acceptors (Lipinski definition) is 5. The SMILES string of the molecule is CCNC(=NCc1ccnc(-n2cccn2)c1)N1CCC(NC(=O)OC(C)(C)C)C1.I. The highest BCUT2D eigenvalue weighted by atomic mass is 127. The van der Waals surface area contributed by atoms with Gasteiger partial charge in [0.2, 0.25) is 0 Å². The lowest BCUT2D eigenvalue weighted by Gasteiger charge is -2.23. The van der Waals surface area contributed by atoms with E-state index in [1.807, 2.05) is 52.1 Å². The molecule has 1 unspecified atom stereocenters. The maximum Gasteiger partial charge on any atom is 0.407 e. The lowest BCUT2D eigenvalue weighted by Crippen LogP contribution is -2.44. The Labute approximate surface area is 200 Å². The molecule has 2 aromatic rings. The van der Waals surface area contributed by atoms with Crippen molar-refractivity contribution < 1.29 is 9.53 Å². The first-order chi connectivity index (χ1) is 14.3. The molecular weight excluding hydrogens is 509 g/mol. The molecule has 3 heterocycles. The van der Waals surface area contributed by atoms with E-state index in [1.165, 1.54) is 0 Å². The summed E-state index contributed by atoms with van der Waals surface area (Å²) in [6, 6.07) is 5.84. The van der Waals surface area contributed by atoms with E-state index in [0.717, 1.165) is 36.9 Å². The average Bonchev–Trinajstić information content (AvgIpc) is 3.36. The molecule has 1 aliphatic rings. The highest BCUT2D eigenvalue weighted by molar-refractivity contribution is 14.0. The number of carbonyl (C=O) groups is 1. The van der Waals surface area contributed by atoms with Gasteiger partial charge in [-0.1, -0.05) is 0 Å². The number of pyridine rings is 1. The number of amides is 1. The fourth-order valence-corrected chi connectivity index (χ4v) is 3.23. The highest BCUT2D eigenvalue weighted by Gasteiger charge is 2.27. The van der Waals surface area contributed by atoms with Crippen LogP contribution in [0.1, 0.15) is 39.7 Å². The molecule has 10 heteroatoms. The Morgan fingerprint density at radius 1 is 1.35 bits per heavy atom. The van der Waals surface area contributed by atoms with Crippen molar-refractivity contribution in [2.24, 2.45) is 4.99 Å². The van der Waals surface area contributed by atoms with Crippen molar-refractivity contribution in [3.63, 3.8) is 0 Å². The molecule has 2 aromatic heterocycles. The number of hydrogen-bond donors (Lipinski definition) is 2. The number of rotatable bonds is 5. The van der Waals surface area contributed by atoms with Crippen molar-refractivity contribution in [3.05, 3.63) is 42.4 Å². The normalized spacial score (nSPS) is 16.6. The van der Waals surface area contributed by atoms with Crippen LogP contribution in [0.4, 0.5) is 4.79 Å². The van der Waals surface area contributed by atoms with Gasteiger partial charge in [-0.15, -0.1) is 24.0 Å². The van der Waals surface area contributed by atoms with Crippen LogP contribution in [0.3, 0.4) is 0 Å². The van der Waals surface area contributed by atoms with Crippen LogP contribution in [0, 0.1) is 0 Å². The van der Waals surface area contributed by atoms with Crippen LogP contribution in [0.5, 0.6) is 0 Å². The Kier molecular flexibility index (Phi) is 9.08. The number of carbonyl (C=O) groups excluding carboxylic acids is 1. The van der Waals surface area contributed by atoms with E-state index < -0.39 is 5.60 Å². The number of ether oxygens (including phenoxy) is 1. The van der Waals surface area contributed by atoms with Gasteiger partial charge in [0.05, 0.1) is 12.6 Å². The smallest absolute Gasteiger partial charge is 0.407 e. The molecule has 1 amide bonds. The summed E-state index contributed by atoms with van der Waals surface area (Å²) >= 11 is 0. The van der Waals surface area contributed by atoms with Crippen molar-refractivity contribution in [1.82, 2.24) is 30.3 Å². The second kappa shape index (κ2) is 11.3. The maximum atomic E-state index is 12.0. The minimum Gasteiger partial charge on any atom is -0.444 e. The van der Waals surface area contributed by atoms with E-state index in [1.54, 1.807) is 17.1 Å². The lowest BCUT2D eigenvalue weighted by atomic mass is 10.2. The molecule has 1 fully saturated rings. The predicted octanol–water partition coefficient (Wildman–Crippen LogP) is 2.95. The number of nitrogens with one attached hydrogen (secondary N) is 2. The first kappa shape index (κ1) is 24.9. The molecule has 0 bridgehead atoms. The molecule has 0 radical (unpaired) electrons. The number of halogens is 1. The summed E-state index contributed by atoms with van der Waals surface area (Å²) in [5.74, 6) is 1.60. The Hall–Kier alpha value is -2.37. The Bertz CT molecular complexity index is 865. The number of aliphatic imine (C=N–C) groups is 1. The van der Waals surface area contributed by atoms with Gasteiger partial charge in [0.15, 0.2) is 11.8 Å². The number of aromatic nitrogens is 3. The molecule has 31 heavy (non-hydrogen) atoms. The second-order valence-corrected chi connectivity index (χ2v) is 8.22. The molecule has 2 N–H and O–H groups in total. The van der Waals surface area contributed by atoms with Crippen LogP contribution < -0.4 is 10.6 Å². The van der Waals surface area contributed by atoms with Crippen LogP contribution in [0.25, 0.3) is 5.82 Å². The largest absolute Gasteiger partial charge is 0.444 e. The molecule has 0 spiro atoms. The Morgan fingerprint density at radius 3 is 2.84 bits per heavy atom. The maximum absolute atomic E-state index is 12.0. The molecule has 1 saturated heterocycles. The van der Waals surface area contributed by atoms with Gasteiger partial charge in [-0.25, -0.2) is 19.5 Å². The summed E-state index contributed by atoms with van der Waals surface area (Å²) in [5, 5.41) is 10.5. The summed E-state index contributed by atoms with van der Waals surface area (Å²) in [4.78, 5) is 23.4. The molecule has 170 valence electrons. The Balaban J connectivity index is 0.00000341. The second-order valence-electron chi connectivity index (χ2n) is 8.22. The molecular formula is C21H32IN7O2. The number of nitrogens with zero attached hydrogens (tertiary/aromatic N) is 5. The molecule has 1 aliphatic heterocycles. The zero-order valence-corrected chi connectivity index (χ0v) is 20.9. The minimum atomic E-state index is -0.502. The number of alkyl carbamates (subject to hydrolysis) is 1. The van der Waals surface area contributed by atoms with E-state index >= 15 is 0 Å². The molecule has 0 aliphatic carbocycles. The van der Waals surface area contributed by atoms with Crippen molar-refractivity contribution >= 4 is 36.0 Å². The fraction of sp³-hybridized carbons (Fsp3) is 0.524. The van der Waals surface area contributed by atoms with Gasteiger partial charge in [0, 0.05) is 38.2 Å². The van der Waals surface area contributed by atoms with Gasteiger partial charge in [0.25, 0.3) is 0 Å². The summed E-state index contributed by atoms with van der Waals surface area (Å²) in [6.45, 7) is 10.4. The van der Waals surface area contributed by atoms with E-state index in [2.05, 4.69) is 25.6 Å². The van der Waals surface area contributed by atoms with Crippen molar-refractivity contribution in [1.29, 1.82) is 0 Å². The monoisotopic (exact) mass is 541 g/mol. The Morgan fingerprint density at radius 2 is 2.16 bits per heavy atom. The molecule has 9 nitrogen and oxygen atoms in total. The van der Waals surface area contributed by atoms with Crippen molar-refractivity contribution in [3.8, 4) is 5.82 Å². The number of likely N-dealkylation sites (tertiary alicyclic amines) is 1. The predicted molar refractivity (Wildman–Crippen MR) is 131 cm³/mol. The van der Waals surface area contributed by atoms with Gasteiger partial charge in [-0.3, -0.25) is 0 Å². The van der Waals surface area contributed by atoms with Gasteiger partial charge < -0.3 is 20.3 Å². The van der Waals surface area contributed by atoms with Gasteiger partial charge in [0.1, 0.15) is 5.60 Å². The number of guanidine groups is 1. The molecule has 3 rings (SSSR count).